The number of hydrogen-bond acceptors (Lipinski definition) is 2. The second kappa shape index (κ2) is 2.36. The Kier molecular flexibility index (Phi) is 1.51. The van der Waals surface area contributed by atoms with Gasteiger partial charge in [0, 0.05) is 6.04 Å². The average molecular weight is 139 g/mol. The number of fused-ring (bicyclic) bond motifs is 2. The topological polar surface area (TPSA) is 35.2 Å². The van der Waals surface area contributed by atoms with Crippen LogP contribution in [0.25, 0.3) is 0 Å². The summed E-state index contributed by atoms with van der Waals surface area (Å²) in [5.41, 5.74) is 5.83. The zero-order chi connectivity index (χ0) is 6.97. The minimum Gasteiger partial charge on any atom is -0.369 e. The number of ether oxygens (including phenoxy) is 1. The zero-order valence-electron chi connectivity index (χ0n) is 5.99. The lowest BCUT2D eigenvalue weighted by atomic mass is 9.93. The highest BCUT2D eigenvalue weighted by Crippen LogP contribution is 2.25. The van der Waals surface area contributed by atoms with Crippen molar-refractivity contribution in [3.05, 3.63) is 12.2 Å². The van der Waals surface area contributed by atoms with Gasteiger partial charge in [-0.15, -0.1) is 0 Å². The third kappa shape index (κ3) is 0.976. The Bertz CT molecular complexity index is 155. The van der Waals surface area contributed by atoms with Crippen LogP contribution in [0, 0.1) is 0 Å². The maximum atomic E-state index is 5.83. The quantitative estimate of drug-likeness (QED) is 0.504. The molecule has 0 amide bonds. The van der Waals surface area contributed by atoms with Gasteiger partial charge in [0.2, 0.25) is 0 Å². The Morgan fingerprint density at radius 2 is 2.30 bits per heavy atom. The summed E-state index contributed by atoms with van der Waals surface area (Å²) >= 11 is 0. The van der Waals surface area contributed by atoms with Crippen LogP contribution in [0.3, 0.4) is 0 Å². The van der Waals surface area contributed by atoms with Crippen molar-refractivity contribution >= 4 is 0 Å². The van der Waals surface area contributed by atoms with E-state index in [1.165, 1.54) is 0 Å². The Morgan fingerprint density at radius 3 is 3.10 bits per heavy atom. The predicted molar refractivity (Wildman–Crippen MR) is 39.6 cm³/mol. The van der Waals surface area contributed by atoms with Crippen LogP contribution in [0.1, 0.15) is 19.3 Å². The summed E-state index contributed by atoms with van der Waals surface area (Å²) < 4.78 is 5.62. The zero-order valence-corrected chi connectivity index (χ0v) is 5.99. The second-order valence-electron chi connectivity index (χ2n) is 3.12. The van der Waals surface area contributed by atoms with E-state index < -0.39 is 0 Å². The van der Waals surface area contributed by atoms with Crippen molar-refractivity contribution in [2.24, 2.45) is 5.73 Å². The van der Waals surface area contributed by atoms with Gasteiger partial charge in [0.05, 0.1) is 12.2 Å². The largest absolute Gasteiger partial charge is 0.369 e. The highest BCUT2D eigenvalue weighted by Gasteiger charge is 2.28. The summed E-state index contributed by atoms with van der Waals surface area (Å²) in [6.45, 7) is 0. The van der Waals surface area contributed by atoms with Crippen LogP contribution >= 0.6 is 0 Å². The molecular weight excluding hydrogens is 126 g/mol. The maximum Gasteiger partial charge on any atom is 0.0768 e. The minimum atomic E-state index is 0.279. The van der Waals surface area contributed by atoms with Gasteiger partial charge in [-0.25, -0.2) is 0 Å². The standard InChI is InChI=1S/C8H13NO/c9-7-5-4-6-2-1-3-8(7)10-6/h1-2,6-8H,3-5,9H2/t6-,7+,8+/m0/s1. The highest BCUT2D eigenvalue weighted by molar-refractivity contribution is 5.01. The third-order valence-electron chi connectivity index (χ3n) is 2.33. The molecule has 0 saturated carbocycles. The fraction of sp³-hybridized carbons (Fsp3) is 0.750. The van der Waals surface area contributed by atoms with Crippen molar-refractivity contribution in [2.75, 3.05) is 0 Å². The monoisotopic (exact) mass is 139 g/mol. The van der Waals surface area contributed by atoms with E-state index in [-0.39, 0.29) is 6.04 Å². The van der Waals surface area contributed by atoms with Gasteiger partial charge in [0.15, 0.2) is 0 Å². The fourth-order valence-corrected chi connectivity index (χ4v) is 1.67. The molecule has 1 saturated heterocycles. The smallest absolute Gasteiger partial charge is 0.0768 e. The van der Waals surface area contributed by atoms with E-state index in [1.807, 2.05) is 0 Å². The number of rotatable bonds is 0. The number of nitrogens with two attached hydrogens (primary N) is 1. The predicted octanol–water partition coefficient (Wildman–Crippen LogP) is 0.821. The molecule has 0 aromatic heterocycles. The van der Waals surface area contributed by atoms with E-state index in [2.05, 4.69) is 12.2 Å². The first-order chi connectivity index (χ1) is 4.86. The lowest BCUT2D eigenvalue weighted by Crippen LogP contribution is -2.44. The van der Waals surface area contributed by atoms with Crippen LogP contribution in [0.2, 0.25) is 0 Å². The van der Waals surface area contributed by atoms with Gasteiger partial charge in [-0.3, -0.25) is 0 Å². The van der Waals surface area contributed by atoms with Gasteiger partial charge in [-0.05, 0) is 19.3 Å². The summed E-state index contributed by atoms with van der Waals surface area (Å²) in [4.78, 5) is 0. The van der Waals surface area contributed by atoms with Gasteiger partial charge >= 0.3 is 0 Å². The first kappa shape index (κ1) is 6.38. The molecule has 2 heteroatoms. The Balaban J connectivity index is 2.11. The van der Waals surface area contributed by atoms with Crippen LogP contribution in [-0.2, 0) is 4.74 Å². The molecule has 3 atom stereocenters. The summed E-state index contributed by atoms with van der Waals surface area (Å²) in [6, 6.07) is 0.279. The Hall–Kier alpha value is -0.340. The summed E-state index contributed by atoms with van der Waals surface area (Å²) in [5.74, 6) is 0. The molecule has 2 N–H and O–H groups in total. The third-order valence-corrected chi connectivity index (χ3v) is 2.33. The summed E-state index contributed by atoms with van der Waals surface area (Å²) in [6.07, 6.45) is 8.27. The average Bonchev–Trinajstić information content (AvgIpc) is 1.99. The Morgan fingerprint density at radius 1 is 1.40 bits per heavy atom. The minimum absolute atomic E-state index is 0.279. The van der Waals surface area contributed by atoms with Crippen molar-refractivity contribution in [3.8, 4) is 0 Å². The van der Waals surface area contributed by atoms with Gasteiger partial charge in [0.1, 0.15) is 0 Å². The molecule has 0 spiro atoms. The molecule has 0 aromatic rings. The number of hydrogen-bond donors (Lipinski definition) is 1. The van der Waals surface area contributed by atoms with E-state index in [0.717, 1.165) is 19.3 Å². The molecule has 2 aliphatic heterocycles. The van der Waals surface area contributed by atoms with Crippen molar-refractivity contribution in [3.63, 3.8) is 0 Å². The lowest BCUT2D eigenvalue weighted by molar-refractivity contribution is -0.0431. The molecule has 2 rings (SSSR count). The van der Waals surface area contributed by atoms with Crippen LogP contribution < -0.4 is 5.73 Å². The SMILES string of the molecule is N[C@@H]1CC[C@@H]2C=CC[C@H]1O2. The highest BCUT2D eigenvalue weighted by atomic mass is 16.5. The maximum absolute atomic E-state index is 5.83. The van der Waals surface area contributed by atoms with Crippen molar-refractivity contribution < 1.29 is 4.74 Å². The van der Waals surface area contributed by atoms with E-state index in [0.29, 0.717) is 12.2 Å². The van der Waals surface area contributed by atoms with Crippen molar-refractivity contribution in [1.29, 1.82) is 0 Å². The van der Waals surface area contributed by atoms with Gasteiger partial charge in [-0.2, -0.15) is 0 Å². The molecule has 0 aliphatic carbocycles. The molecule has 2 aliphatic rings. The van der Waals surface area contributed by atoms with Gasteiger partial charge in [-0.1, -0.05) is 12.2 Å². The van der Waals surface area contributed by atoms with Crippen LogP contribution in [-0.4, -0.2) is 18.2 Å². The molecule has 2 bridgehead atoms. The van der Waals surface area contributed by atoms with E-state index >= 15 is 0 Å². The van der Waals surface area contributed by atoms with Gasteiger partial charge < -0.3 is 10.5 Å². The molecule has 0 unspecified atom stereocenters. The second-order valence-corrected chi connectivity index (χ2v) is 3.12. The van der Waals surface area contributed by atoms with E-state index in [1.54, 1.807) is 0 Å². The molecular formula is C8H13NO. The van der Waals surface area contributed by atoms with Crippen LogP contribution in [0.4, 0.5) is 0 Å². The molecule has 56 valence electrons. The van der Waals surface area contributed by atoms with Crippen molar-refractivity contribution in [2.45, 2.75) is 37.5 Å². The molecule has 2 nitrogen and oxygen atoms in total. The lowest BCUT2D eigenvalue weighted by Gasteiger charge is -2.35. The van der Waals surface area contributed by atoms with Gasteiger partial charge in [0.25, 0.3) is 0 Å². The molecule has 10 heavy (non-hydrogen) atoms. The van der Waals surface area contributed by atoms with E-state index in [4.69, 9.17) is 10.5 Å². The first-order valence-corrected chi connectivity index (χ1v) is 3.94. The summed E-state index contributed by atoms with van der Waals surface area (Å²) in [7, 11) is 0. The van der Waals surface area contributed by atoms with E-state index in [9.17, 15) is 0 Å². The van der Waals surface area contributed by atoms with Crippen LogP contribution in [0.15, 0.2) is 12.2 Å². The molecule has 1 fully saturated rings. The first-order valence-electron chi connectivity index (χ1n) is 3.94. The van der Waals surface area contributed by atoms with Crippen molar-refractivity contribution in [1.82, 2.24) is 0 Å². The van der Waals surface area contributed by atoms with Crippen LogP contribution in [0.5, 0.6) is 0 Å². The summed E-state index contributed by atoms with van der Waals surface area (Å²) in [5, 5.41) is 0. The molecule has 0 aromatic carbocycles. The molecule has 2 heterocycles. The normalized spacial score (nSPS) is 45.5. The Labute approximate surface area is 61.0 Å². The fourth-order valence-electron chi connectivity index (χ4n) is 1.67. The molecule has 0 radical (unpaired) electrons.